The van der Waals surface area contributed by atoms with Crippen molar-refractivity contribution in [2.75, 3.05) is 0 Å². The van der Waals surface area contributed by atoms with Gasteiger partial charge in [-0.2, -0.15) is 9.13 Å². The largest absolute Gasteiger partial charge is 0.285 e. The average Bonchev–Trinajstić information content (AvgIpc) is 2.29. The number of benzene rings is 1. The first-order valence-corrected chi connectivity index (χ1v) is 5.43. The van der Waals surface area contributed by atoms with Crippen LogP contribution in [-0.2, 0) is 14.1 Å². The van der Waals surface area contributed by atoms with Crippen molar-refractivity contribution in [1.29, 1.82) is 0 Å². The quantitative estimate of drug-likeness (QED) is 0.410. The summed E-state index contributed by atoms with van der Waals surface area (Å²) >= 11 is 0. The number of rotatable bonds is 0. The molecule has 0 spiro atoms. The van der Waals surface area contributed by atoms with Crippen LogP contribution in [0.3, 0.4) is 0 Å². The van der Waals surface area contributed by atoms with Gasteiger partial charge in [-0.15, -0.1) is 0 Å². The zero-order valence-electron chi connectivity index (χ0n) is 9.51. The number of aromatic nitrogens is 2. The molecule has 0 saturated heterocycles. The molecule has 17 heavy (non-hydrogen) atoms. The van der Waals surface area contributed by atoms with Gasteiger partial charge in [0, 0.05) is 12.1 Å². The Morgan fingerprint density at radius 1 is 0.706 bits per heavy atom. The highest BCUT2D eigenvalue weighted by molar-refractivity contribution is 5.98. The third kappa shape index (κ3) is 1.66. The van der Waals surface area contributed by atoms with Gasteiger partial charge in [0.2, 0.25) is 0 Å². The summed E-state index contributed by atoms with van der Waals surface area (Å²) < 4.78 is 4.36. The van der Waals surface area contributed by atoms with Gasteiger partial charge < -0.3 is 0 Å². The lowest BCUT2D eigenvalue weighted by atomic mass is 10.1. The van der Waals surface area contributed by atoms with E-state index >= 15 is 0 Å². The van der Waals surface area contributed by atoms with Crippen molar-refractivity contribution in [3.05, 3.63) is 48.8 Å². The van der Waals surface area contributed by atoms with Crippen LogP contribution in [0.25, 0.3) is 21.8 Å². The van der Waals surface area contributed by atoms with Crippen LogP contribution in [0.1, 0.15) is 7.43 Å². The maximum absolute atomic E-state index is 2.18. The van der Waals surface area contributed by atoms with Crippen molar-refractivity contribution in [1.82, 2.24) is 0 Å². The molecular weight excluding hydrogens is 208 g/mol. The van der Waals surface area contributed by atoms with E-state index in [1.807, 2.05) is 0 Å². The number of aryl methyl sites for hydroxylation is 2. The first kappa shape index (κ1) is 11.5. The van der Waals surface area contributed by atoms with E-state index in [1.165, 1.54) is 21.8 Å². The Morgan fingerprint density at radius 3 is 1.53 bits per heavy atom. The van der Waals surface area contributed by atoms with E-state index in [0.717, 1.165) is 0 Å². The van der Waals surface area contributed by atoms with Crippen LogP contribution in [-0.4, -0.2) is 0 Å². The lowest BCUT2D eigenvalue weighted by Gasteiger charge is -1.99. The summed E-state index contributed by atoms with van der Waals surface area (Å²) in [6.07, 6.45) is 4.18. The molecule has 3 rings (SSSR count). The van der Waals surface area contributed by atoms with Crippen LogP contribution in [0.4, 0.5) is 0 Å². The van der Waals surface area contributed by atoms with Crippen molar-refractivity contribution in [2.45, 2.75) is 7.43 Å². The smallest absolute Gasteiger partial charge is 0.195 e. The number of hydrogen-bond acceptors (Lipinski definition) is 0. The highest BCUT2D eigenvalue weighted by Gasteiger charge is 2.16. The second kappa shape index (κ2) is 4.13. The van der Waals surface area contributed by atoms with E-state index in [-0.39, 0.29) is 7.43 Å². The summed E-state index contributed by atoms with van der Waals surface area (Å²) in [5.74, 6) is 0. The molecule has 0 radical (unpaired) electrons. The fraction of sp³-hybridized carbons (Fsp3) is 0.200. The Bertz CT molecular complexity index is 626. The summed E-state index contributed by atoms with van der Waals surface area (Å²) in [5.41, 5.74) is 2.56. The Hall–Kier alpha value is -1.96. The molecular formula is C15H18N2+2. The second-order valence-corrected chi connectivity index (χ2v) is 4.18. The molecule has 0 N–H and O–H groups in total. The van der Waals surface area contributed by atoms with Gasteiger partial charge in [0.1, 0.15) is 14.1 Å². The predicted molar refractivity (Wildman–Crippen MR) is 70.5 cm³/mol. The monoisotopic (exact) mass is 226 g/mol. The van der Waals surface area contributed by atoms with Gasteiger partial charge in [-0.3, -0.25) is 0 Å². The molecule has 0 bridgehead atoms. The third-order valence-electron chi connectivity index (χ3n) is 3.09. The van der Waals surface area contributed by atoms with Crippen molar-refractivity contribution >= 4 is 21.8 Å². The number of hydrogen-bond donors (Lipinski definition) is 0. The fourth-order valence-electron chi connectivity index (χ4n) is 2.32. The lowest BCUT2D eigenvalue weighted by Crippen LogP contribution is -2.34. The summed E-state index contributed by atoms with van der Waals surface area (Å²) in [7, 11) is 4.18. The van der Waals surface area contributed by atoms with E-state index in [2.05, 4.69) is 72.0 Å². The lowest BCUT2D eigenvalue weighted by molar-refractivity contribution is -0.664. The maximum atomic E-state index is 2.18. The summed E-state index contributed by atoms with van der Waals surface area (Å²) in [5, 5.41) is 2.55. The van der Waals surface area contributed by atoms with Gasteiger partial charge in [-0.1, -0.05) is 7.43 Å². The van der Waals surface area contributed by atoms with Crippen LogP contribution >= 0.6 is 0 Å². The van der Waals surface area contributed by atoms with Crippen LogP contribution in [0.5, 0.6) is 0 Å². The van der Waals surface area contributed by atoms with Crippen LogP contribution in [0.15, 0.2) is 48.8 Å². The zero-order valence-corrected chi connectivity index (χ0v) is 9.51. The van der Waals surface area contributed by atoms with Gasteiger partial charge in [-0.05, 0) is 24.3 Å². The molecule has 2 heterocycles. The molecule has 0 saturated carbocycles. The molecule has 2 aromatic heterocycles. The minimum atomic E-state index is 0. The van der Waals surface area contributed by atoms with Gasteiger partial charge in [0.15, 0.2) is 12.4 Å². The molecule has 0 unspecified atom stereocenters. The van der Waals surface area contributed by atoms with Crippen molar-refractivity contribution in [3.8, 4) is 0 Å². The Balaban J connectivity index is 0.00000108. The summed E-state index contributed by atoms with van der Waals surface area (Å²) in [6.45, 7) is 0. The normalized spacial score (nSPS) is 10.5. The van der Waals surface area contributed by atoms with E-state index in [9.17, 15) is 0 Å². The fourth-order valence-corrected chi connectivity index (χ4v) is 2.32. The van der Waals surface area contributed by atoms with Crippen LogP contribution < -0.4 is 9.13 Å². The molecule has 0 aliphatic heterocycles. The van der Waals surface area contributed by atoms with E-state index in [1.54, 1.807) is 0 Å². The maximum Gasteiger partial charge on any atom is 0.285 e. The zero-order chi connectivity index (χ0) is 11.1. The van der Waals surface area contributed by atoms with Crippen LogP contribution in [0.2, 0.25) is 0 Å². The number of fused-ring (bicyclic) bond motifs is 3. The number of pyridine rings is 2. The highest BCUT2D eigenvalue weighted by atomic mass is 15.0. The predicted octanol–water partition coefficient (Wildman–Crippen LogP) is 2.28. The van der Waals surface area contributed by atoms with Gasteiger partial charge in [-0.25, -0.2) is 0 Å². The van der Waals surface area contributed by atoms with Crippen molar-refractivity contribution < 1.29 is 9.13 Å². The minimum absolute atomic E-state index is 0. The Kier molecular flexibility index (Phi) is 2.80. The van der Waals surface area contributed by atoms with E-state index in [4.69, 9.17) is 0 Å². The second-order valence-electron chi connectivity index (χ2n) is 4.18. The standard InChI is InChI=1S/C14H14N2.CH4/c1-15-9-3-5-11-7-8-12-6-4-10-16(2)14(12)13(11)15;/h3-10H,1-2H3;1H4/q+2;. The molecule has 0 amide bonds. The molecule has 0 aliphatic rings. The molecule has 1 aromatic carbocycles. The molecule has 86 valence electrons. The Morgan fingerprint density at radius 2 is 1.12 bits per heavy atom. The number of nitrogens with zero attached hydrogens (tertiary/aromatic N) is 2. The van der Waals surface area contributed by atoms with Crippen molar-refractivity contribution in [3.63, 3.8) is 0 Å². The minimum Gasteiger partial charge on any atom is -0.195 e. The first-order chi connectivity index (χ1) is 7.77. The van der Waals surface area contributed by atoms with E-state index < -0.39 is 0 Å². The van der Waals surface area contributed by atoms with Crippen molar-refractivity contribution in [2.24, 2.45) is 14.1 Å². The molecule has 0 fully saturated rings. The van der Waals surface area contributed by atoms with Crippen LogP contribution in [0, 0.1) is 0 Å². The van der Waals surface area contributed by atoms with Gasteiger partial charge >= 0.3 is 0 Å². The van der Waals surface area contributed by atoms with Gasteiger partial charge in [0.25, 0.3) is 11.0 Å². The molecule has 2 nitrogen and oxygen atoms in total. The van der Waals surface area contributed by atoms with E-state index in [0.29, 0.717) is 0 Å². The summed E-state index contributed by atoms with van der Waals surface area (Å²) in [4.78, 5) is 0. The molecule has 0 aliphatic carbocycles. The average molecular weight is 226 g/mol. The SMILES string of the molecule is C.C[n+]1cccc2ccc3ccc[n+](C)c3c21. The highest BCUT2D eigenvalue weighted by Crippen LogP contribution is 2.18. The molecule has 2 heteroatoms. The Labute approximate surface area is 102 Å². The van der Waals surface area contributed by atoms with Gasteiger partial charge in [0.05, 0.1) is 10.8 Å². The summed E-state index contributed by atoms with van der Waals surface area (Å²) in [6, 6.07) is 12.8. The third-order valence-corrected chi connectivity index (χ3v) is 3.09. The molecule has 0 atom stereocenters. The topological polar surface area (TPSA) is 7.76 Å². The first-order valence-electron chi connectivity index (χ1n) is 5.43. The molecule has 3 aromatic rings.